The molecule has 3 aromatic rings. The summed E-state index contributed by atoms with van der Waals surface area (Å²) in [6.45, 7) is 2.71. The van der Waals surface area contributed by atoms with E-state index in [0.29, 0.717) is 17.3 Å². The van der Waals surface area contributed by atoms with E-state index in [1.807, 2.05) is 0 Å². The molecule has 2 aromatic carbocycles. The van der Waals surface area contributed by atoms with Crippen LogP contribution in [0.1, 0.15) is 33.5 Å². The fraction of sp³-hybridized carbons (Fsp3) is 0.150. The van der Waals surface area contributed by atoms with Gasteiger partial charge >= 0.3 is 0 Å². The molecule has 0 bridgehead atoms. The van der Waals surface area contributed by atoms with E-state index >= 15 is 0 Å². The number of rotatable bonds is 6. The number of carbonyl (C=O) groups is 3. The highest BCUT2D eigenvalue weighted by molar-refractivity contribution is 6.03. The van der Waals surface area contributed by atoms with E-state index in [-0.39, 0.29) is 29.4 Å². The molecule has 0 aliphatic heterocycles. The second-order valence-electron chi connectivity index (χ2n) is 6.44. The first-order chi connectivity index (χ1) is 14.2. The quantitative estimate of drug-likeness (QED) is 0.605. The predicted molar refractivity (Wildman–Crippen MR) is 104 cm³/mol. The molecule has 0 unspecified atom stereocenters. The average molecular weight is 413 g/mol. The topological polar surface area (TPSA) is 106 Å². The summed E-state index contributed by atoms with van der Waals surface area (Å²) >= 11 is 0. The summed E-state index contributed by atoms with van der Waals surface area (Å²) < 4.78 is 27.9. The van der Waals surface area contributed by atoms with Gasteiger partial charge in [-0.25, -0.2) is 13.5 Å². The molecule has 2 N–H and O–H groups in total. The van der Waals surface area contributed by atoms with Crippen LogP contribution in [0, 0.1) is 18.6 Å². The maximum Gasteiger partial charge on any atom is 0.278 e. The molecule has 8 nitrogen and oxygen atoms in total. The minimum absolute atomic E-state index is 0.106. The number of nitrogens with one attached hydrogen (secondary N) is 2. The van der Waals surface area contributed by atoms with Crippen molar-refractivity contribution in [2.45, 2.75) is 20.4 Å². The summed E-state index contributed by atoms with van der Waals surface area (Å²) in [6.07, 6.45) is 0. The van der Waals surface area contributed by atoms with Crippen LogP contribution in [0.2, 0.25) is 0 Å². The molecule has 0 aliphatic rings. The zero-order valence-electron chi connectivity index (χ0n) is 16.1. The van der Waals surface area contributed by atoms with Crippen LogP contribution < -0.4 is 10.6 Å². The second kappa shape index (κ2) is 8.60. The number of hydrogen-bond donors (Lipinski definition) is 2. The third-order valence-electron chi connectivity index (χ3n) is 4.22. The highest BCUT2D eigenvalue weighted by Gasteiger charge is 2.19. The Hall–Kier alpha value is -3.95. The lowest BCUT2D eigenvalue weighted by atomic mass is 10.1. The van der Waals surface area contributed by atoms with Gasteiger partial charge in [0.2, 0.25) is 5.91 Å². The van der Waals surface area contributed by atoms with Crippen molar-refractivity contribution in [2.75, 3.05) is 10.6 Å². The summed E-state index contributed by atoms with van der Waals surface area (Å²) in [5.41, 5.74) is 0.859. The van der Waals surface area contributed by atoms with E-state index in [2.05, 4.69) is 20.9 Å². The van der Waals surface area contributed by atoms with E-state index in [1.165, 1.54) is 18.5 Å². The number of ketones is 1. The van der Waals surface area contributed by atoms with Crippen molar-refractivity contribution in [1.29, 1.82) is 0 Å². The summed E-state index contributed by atoms with van der Waals surface area (Å²) in [7, 11) is 0. The number of nitrogens with zero attached hydrogens (tertiary/aromatic N) is 3. The molecular weight excluding hydrogens is 396 g/mol. The molecule has 0 saturated heterocycles. The second-order valence-corrected chi connectivity index (χ2v) is 6.44. The van der Waals surface area contributed by atoms with E-state index < -0.39 is 23.4 Å². The van der Waals surface area contributed by atoms with Crippen molar-refractivity contribution in [3.05, 3.63) is 71.1 Å². The van der Waals surface area contributed by atoms with Crippen molar-refractivity contribution in [2.24, 2.45) is 0 Å². The number of anilines is 2. The molecule has 0 atom stereocenters. The highest BCUT2D eigenvalue weighted by atomic mass is 19.1. The first-order valence-electron chi connectivity index (χ1n) is 8.82. The van der Waals surface area contributed by atoms with Crippen LogP contribution in [-0.2, 0) is 11.3 Å². The van der Waals surface area contributed by atoms with E-state index in [9.17, 15) is 23.2 Å². The van der Waals surface area contributed by atoms with E-state index in [4.69, 9.17) is 0 Å². The van der Waals surface area contributed by atoms with Crippen LogP contribution in [0.5, 0.6) is 0 Å². The molecule has 3 rings (SSSR count). The van der Waals surface area contributed by atoms with Crippen molar-refractivity contribution < 1.29 is 23.2 Å². The van der Waals surface area contributed by atoms with Crippen LogP contribution >= 0.6 is 0 Å². The molecule has 0 aliphatic carbocycles. The van der Waals surface area contributed by atoms with Crippen LogP contribution in [-0.4, -0.2) is 32.6 Å². The maximum atomic E-state index is 13.7. The third-order valence-corrected chi connectivity index (χ3v) is 4.22. The van der Waals surface area contributed by atoms with Gasteiger partial charge in [-0.3, -0.25) is 14.4 Å². The minimum atomic E-state index is -0.930. The number of aromatic nitrogens is 3. The van der Waals surface area contributed by atoms with Crippen LogP contribution in [0.3, 0.4) is 0 Å². The van der Waals surface area contributed by atoms with Crippen LogP contribution in [0.4, 0.5) is 20.2 Å². The van der Waals surface area contributed by atoms with Gasteiger partial charge in [0.15, 0.2) is 11.5 Å². The van der Waals surface area contributed by atoms with E-state index in [0.717, 1.165) is 12.1 Å². The van der Waals surface area contributed by atoms with Gasteiger partial charge in [-0.15, -0.1) is 5.10 Å². The number of carbonyl (C=O) groups excluding carboxylic acids is 3. The van der Waals surface area contributed by atoms with Crippen molar-refractivity contribution >= 4 is 29.0 Å². The Labute approximate surface area is 169 Å². The Morgan fingerprint density at radius 1 is 1.07 bits per heavy atom. The fourth-order valence-electron chi connectivity index (χ4n) is 2.65. The number of amides is 2. The molecule has 10 heteroatoms. The highest BCUT2D eigenvalue weighted by Crippen LogP contribution is 2.17. The smallest absolute Gasteiger partial charge is 0.278 e. The number of Topliss-reactive ketones (excluding diaryl/α,β-unsaturated/α-hetero) is 1. The molecule has 1 heterocycles. The monoisotopic (exact) mass is 413 g/mol. The summed E-state index contributed by atoms with van der Waals surface area (Å²) in [6, 6.07) is 9.20. The molecule has 0 spiro atoms. The van der Waals surface area contributed by atoms with Gasteiger partial charge < -0.3 is 10.6 Å². The summed E-state index contributed by atoms with van der Waals surface area (Å²) in [5, 5.41) is 12.4. The minimum Gasteiger partial charge on any atom is -0.324 e. The lowest BCUT2D eigenvalue weighted by Gasteiger charge is -2.08. The zero-order valence-corrected chi connectivity index (χ0v) is 16.1. The molecule has 30 heavy (non-hydrogen) atoms. The molecule has 2 amide bonds. The Morgan fingerprint density at radius 3 is 2.53 bits per heavy atom. The Bertz CT molecular complexity index is 1140. The van der Waals surface area contributed by atoms with Crippen LogP contribution in [0.15, 0.2) is 42.5 Å². The third kappa shape index (κ3) is 4.72. The average Bonchev–Trinajstić information content (AvgIpc) is 3.04. The standard InChI is InChI=1S/C20H17F2N5O3/c1-11-19(20(30)24-17-7-6-14(21)9-16(17)22)25-26-27(11)10-18(29)23-15-5-3-4-13(8-15)12(2)28/h3-9H,10H2,1-2H3,(H,23,29)(H,24,30). The molecule has 154 valence electrons. The van der Waals surface area contributed by atoms with E-state index in [1.54, 1.807) is 24.3 Å². The van der Waals surface area contributed by atoms with Gasteiger partial charge in [-0.05, 0) is 38.1 Å². The molecular formula is C20H17F2N5O3. The Kier molecular flexibility index (Phi) is 5.95. The molecule has 0 saturated carbocycles. The summed E-state index contributed by atoms with van der Waals surface area (Å²) in [4.78, 5) is 36.1. The van der Waals surface area contributed by atoms with Gasteiger partial charge in [0, 0.05) is 17.3 Å². The Morgan fingerprint density at radius 2 is 1.83 bits per heavy atom. The predicted octanol–water partition coefficient (Wildman–Crippen LogP) is 2.96. The van der Waals surface area contributed by atoms with Crippen LogP contribution in [0.25, 0.3) is 0 Å². The fourth-order valence-corrected chi connectivity index (χ4v) is 2.65. The lowest BCUT2D eigenvalue weighted by molar-refractivity contribution is -0.117. The SMILES string of the molecule is CC(=O)c1cccc(NC(=O)Cn2nnc(C(=O)Nc3ccc(F)cc3F)c2C)c1. The van der Waals surface area contributed by atoms with Crippen molar-refractivity contribution in [3.63, 3.8) is 0 Å². The number of halogens is 2. The van der Waals surface area contributed by atoms with Crippen molar-refractivity contribution in [1.82, 2.24) is 15.0 Å². The number of hydrogen-bond acceptors (Lipinski definition) is 5. The molecule has 1 aromatic heterocycles. The van der Waals surface area contributed by atoms with Gasteiger partial charge in [0.1, 0.15) is 18.2 Å². The van der Waals surface area contributed by atoms with Crippen molar-refractivity contribution in [3.8, 4) is 0 Å². The Balaban J connectivity index is 1.68. The first-order valence-corrected chi connectivity index (χ1v) is 8.82. The van der Waals surface area contributed by atoms with Gasteiger partial charge in [-0.2, -0.15) is 0 Å². The summed E-state index contributed by atoms with van der Waals surface area (Å²) in [5.74, 6) is -3.03. The zero-order chi connectivity index (χ0) is 21.8. The van der Waals surface area contributed by atoms with Gasteiger partial charge in [0.25, 0.3) is 5.91 Å². The number of benzene rings is 2. The molecule has 0 radical (unpaired) electrons. The normalized spacial score (nSPS) is 10.5. The maximum absolute atomic E-state index is 13.7. The van der Waals surface area contributed by atoms with Gasteiger partial charge in [0.05, 0.1) is 11.4 Å². The first kappa shape index (κ1) is 20.8. The largest absolute Gasteiger partial charge is 0.324 e. The lowest BCUT2D eigenvalue weighted by Crippen LogP contribution is -2.21. The molecule has 0 fully saturated rings. The van der Waals surface area contributed by atoms with Gasteiger partial charge in [-0.1, -0.05) is 17.3 Å².